The monoisotopic (exact) mass is 282 g/mol. The number of carbonyl (C=O) groups is 1. The van der Waals surface area contributed by atoms with Crippen LogP contribution in [-0.4, -0.2) is 40.0 Å². The molecule has 0 bridgehead atoms. The van der Waals surface area contributed by atoms with Crippen molar-refractivity contribution < 1.29 is 4.79 Å². The number of aromatic nitrogens is 3. The maximum absolute atomic E-state index is 10.9. The first-order valence-corrected chi connectivity index (χ1v) is 6.52. The summed E-state index contributed by atoms with van der Waals surface area (Å²) < 4.78 is 0. The molecule has 0 aromatic carbocycles. The Morgan fingerprint density at radius 2 is 1.85 bits per heavy atom. The van der Waals surface area contributed by atoms with Crippen molar-refractivity contribution in [2.75, 3.05) is 28.7 Å². The lowest BCUT2D eigenvalue weighted by molar-refractivity contribution is -0.118. The normalized spacial score (nSPS) is 11.8. The number of nitrogens with one attached hydrogen (secondary N) is 2. The molecule has 0 saturated heterocycles. The average molecular weight is 282 g/mol. The van der Waals surface area contributed by atoms with Crippen LogP contribution in [0, 0.1) is 0 Å². The summed E-state index contributed by atoms with van der Waals surface area (Å²) >= 11 is 0. The standard InChI is InChI=1S/C11H22N8O/c1-4-19(5-2)11-16-9(15-10(17-11)18-13)14-7(3)6-8(12)20/h7H,4-6,13H2,1-3H3,(H2,12,20)(H2,14,15,16,17,18). The van der Waals surface area contributed by atoms with E-state index < -0.39 is 0 Å². The fourth-order valence-corrected chi connectivity index (χ4v) is 1.71. The lowest BCUT2D eigenvalue weighted by Crippen LogP contribution is -2.28. The van der Waals surface area contributed by atoms with Crippen LogP contribution in [0.4, 0.5) is 17.8 Å². The van der Waals surface area contributed by atoms with Gasteiger partial charge in [-0.25, -0.2) is 5.84 Å². The van der Waals surface area contributed by atoms with E-state index >= 15 is 0 Å². The van der Waals surface area contributed by atoms with Crippen molar-refractivity contribution in [1.82, 2.24) is 15.0 Å². The number of nitrogens with two attached hydrogens (primary N) is 2. The highest BCUT2D eigenvalue weighted by molar-refractivity contribution is 5.74. The van der Waals surface area contributed by atoms with Crippen molar-refractivity contribution in [3.63, 3.8) is 0 Å². The Labute approximate surface area is 118 Å². The van der Waals surface area contributed by atoms with E-state index in [0.717, 1.165) is 13.1 Å². The van der Waals surface area contributed by atoms with Gasteiger partial charge in [-0.3, -0.25) is 10.2 Å². The van der Waals surface area contributed by atoms with E-state index in [9.17, 15) is 4.79 Å². The van der Waals surface area contributed by atoms with Crippen LogP contribution in [0.15, 0.2) is 0 Å². The minimum absolute atomic E-state index is 0.176. The molecule has 1 atom stereocenters. The maximum Gasteiger partial charge on any atom is 0.243 e. The summed E-state index contributed by atoms with van der Waals surface area (Å²) in [7, 11) is 0. The average Bonchev–Trinajstić information content (AvgIpc) is 2.38. The van der Waals surface area contributed by atoms with E-state index in [4.69, 9.17) is 11.6 Å². The molecule has 1 amide bonds. The van der Waals surface area contributed by atoms with Gasteiger partial charge in [0, 0.05) is 25.6 Å². The molecule has 9 nitrogen and oxygen atoms in total. The van der Waals surface area contributed by atoms with Crippen LogP contribution in [0.1, 0.15) is 27.2 Å². The van der Waals surface area contributed by atoms with Crippen LogP contribution in [0.25, 0.3) is 0 Å². The molecule has 0 aliphatic rings. The summed E-state index contributed by atoms with van der Waals surface area (Å²) in [5, 5.41) is 3.01. The summed E-state index contributed by atoms with van der Waals surface area (Å²) in [4.78, 5) is 25.5. The number of rotatable bonds is 8. The number of hydrogen-bond donors (Lipinski definition) is 4. The molecule has 1 aromatic rings. The minimum Gasteiger partial charge on any atom is -0.370 e. The molecule has 1 heterocycles. The molecule has 112 valence electrons. The second-order valence-electron chi connectivity index (χ2n) is 4.32. The number of carbonyl (C=O) groups excluding carboxylic acids is 1. The van der Waals surface area contributed by atoms with Crippen molar-refractivity contribution in [1.29, 1.82) is 0 Å². The third-order valence-corrected chi connectivity index (χ3v) is 2.68. The van der Waals surface area contributed by atoms with Gasteiger partial charge in [0.1, 0.15) is 0 Å². The summed E-state index contributed by atoms with van der Waals surface area (Å²) in [5.74, 6) is 6.10. The van der Waals surface area contributed by atoms with Crippen LogP contribution in [-0.2, 0) is 4.79 Å². The van der Waals surface area contributed by atoms with Crippen molar-refractivity contribution >= 4 is 23.8 Å². The zero-order valence-electron chi connectivity index (χ0n) is 12.1. The third kappa shape index (κ3) is 4.50. The van der Waals surface area contributed by atoms with Crippen LogP contribution >= 0.6 is 0 Å². The van der Waals surface area contributed by atoms with Gasteiger partial charge >= 0.3 is 0 Å². The SMILES string of the molecule is CCN(CC)c1nc(NN)nc(NC(C)CC(N)=O)n1. The molecule has 0 saturated carbocycles. The van der Waals surface area contributed by atoms with Crippen LogP contribution in [0.3, 0.4) is 0 Å². The molecule has 20 heavy (non-hydrogen) atoms. The largest absolute Gasteiger partial charge is 0.370 e. The van der Waals surface area contributed by atoms with E-state index in [2.05, 4.69) is 25.7 Å². The second kappa shape index (κ2) is 7.43. The molecular formula is C11H22N8O. The van der Waals surface area contributed by atoms with Gasteiger partial charge in [0.25, 0.3) is 0 Å². The van der Waals surface area contributed by atoms with Gasteiger partial charge in [-0.15, -0.1) is 0 Å². The van der Waals surface area contributed by atoms with Gasteiger partial charge in [0.15, 0.2) is 0 Å². The number of hydrazine groups is 1. The summed E-state index contributed by atoms with van der Waals surface area (Å²) in [6.45, 7) is 7.36. The Morgan fingerprint density at radius 3 is 2.35 bits per heavy atom. The van der Waals surface area contributed by atoms with Crippen LogP contribution in [0.5, 0.6) is 0 Å². The Bertz CT molecular complexity index is 448. The van der Waals surface area contributed by atoms with Crippen molar-refractivity contribution in [3.8, 4) is 0 Å². The third-order valence-electron chi connectivity index (χ3n) is 2.68. The van der Waals surface area contributed by atoms with E-state index in [1.807, 2.05) is 25.7 Å². The van der Waals surface area contributed by atoms with E-state index in [-0.39, 0.29) is 24.3 Å². The van der Waals surface area contributed by atoms with E-state index in [0.29, 0.717) is 11.9 Å². The fourth-order valence-electron chi connectivity index (χ4n) is 1.71. The number of anilines is 3. The number of nitrogens with zero attached hydrogens (tertiary/aromatic N) is 4. The summed E-state index contributed by atoms with van der Waals surface area (Å²) in [6, 6.07) is -0.176. The predicted octanol–water partition coefficient (Wildman–Crippen LogP) is -0.321. The number of hydrogen-bond acceptors (Lipinski definition) is 8. The van der Waals surface area contributed by atoms with Gasteiger partial charge in [0.05, 0.1) is 0 Å². The number of amides is 1. The Hall–Kier alpha value is -2.16. The highest BCUT2D eigenvalue weighted by atomic mass is 16.1. The predicted molar refractivity (Wildman–Crippen MR) is 78.1 cm³/mol. The smallest absolute Gasteiger partial charge is 0.243 e. The maximum atomic E-state index is 10.9. The Morgan fingerprint density at radius 1 is 1.25 bits per heavy atom. The van der Waals surface area contributed by atoms with Gasteiger partial charge in [-0.1, -0.05) is 0 Å². The van der Waals surface area contributed by atoms with Gasteiger partial charge < -0.3 is 16.0 Å². The quantitative estimate of drug-likeness (QED) is 0.376. The Balaban J connectivity index is 2.95. The molecule has 1 unspecified atom stereocenters. The molecule has 6 N–H and O–H groups in total. The first-order valence-electron chi connectivity index (χ1n) is 6.52. The highest BCUT2D eigenvalue weighted by Gasteiger charge is 2.13. The van der Waals surface area contributed by atoms with Crippen molar-refractivity contribution in [3.05, 3.63) is 0 Å². The molecule has 0 radical (unpaired) electrons. The second-order valence-corrected chi connectivity index (χ2v) is 4.32. The Kier molecular flexibility index (Phi) is 5.91. The molecule has 9 heteroatoms. The minimum atomic E-state index is -0.389. The van der Waals surface area contributed by atoms with Crippen LogP contribution in [0.2, 0.25) is 0 Å². The topological polar surface area (TPSA) is 135 Å². The van der Waals surface area contributed by atoms with E-state index in [1.54, 1.807) is 0 Å². The van der Waals surface area contributed by atoms with Crippen LogP contribution < -0.4 is 27.2 Å². The molecule has 0 spiro atoms. The van der Waals surface area contributed by atoms with Crippen molar-refractivity contribution in [2.24, 2.45) is 11.6 Å². The first kappa shape index (κ1) is 15.9. The van der Waals surface area contributed by atoms with Crippen molar-refractivity contribution in [2.45, 2.75) is 33.2 Å². The van der Waals surface area contributed by atoms with Gasteiger partial charge in [0.2, 0.25) is 23.8 Å². The highest BCUT2D eigenvalue weighted by Crippen LogP contribution is 2.13. The fraction of sp³-hybridized carbons (Fsp3) is 0.636. The summed E-state index contributed by atoms with van der Waals surface area (Å²) in [6.07, 6.45) is 0.192. The number of nitrogen functional groups attached to an aromatic ring is 1. The first-order chi connectivity index (χ1) is 9.49. The molecule has 0 fully saturated rings. The zero-order chi connectivity index (χ0) is 15.1. The van der Waals surface area contributed by atoms with E-state index in [1.165, 1.54) is 0 Å². The van der Waals surface area contributed by atoms with Gasteiger partial charge in [-0.05, 0) is 20.8 Å². The number of primary amides is 1. The molecular weight excluding hydrogens is 260 g/mol. The molecule has 1 rings (SSSR count). The molecule has 0 aliphatic heterocycles. The molecule has 1 aromatic heterocycles. The summed E-state index contributed by atoms with van der Waals surface area (Å²) in [5.41, 5.74) is 7.56. The zero-order valence-corrected chi connectivity index (χ0v) is 12.1. The van der Waals surface area contributed by atoms with Gasteiger partial charge in [-0.2, -0.15) is 15.0 Å². The molecule has 0 aliphatic carbocycles. The lowest BCUT2D eigenvalue weighted by Gasteiger charge is -2.20. The lowest BCUT2D eigenvalue weighted by atomic mass is 10.2.